The molecule has 0 radical (unpaired) electrons. The zero-order valence-electron chi connectivity index (χ0n) is 12.4. The highest BCUT2D eigenvalue weighted by Gasteiger charge is 2.14. The lowest BCUT2D eigenvalue weighted by molar-refractivity contribution is -0.114. The molecule has 0 unspecified atom stereocenters. The summed E-state index contributed by atoms with van der Waals surface area (Å²) in [7, 11) is 0. The lowest BCUT2D eigenvalue weighted by Gasteiger charge is -2.10. The molecule has 0 fully saturated rings. The Morgan fingerprint density at radius 2 is 2.05 bits per heavy atom. The SMILES string of the molecule is CCC(=O)c1ncc(-n2cc(CC)cn2)cc1NC(C)=O. The molecule has 6 nitrogen and oxygen atoms in total. The first-order valence-corrected chi connectivity index (χ1v) is 6.89. The van der Waals surface area contributed by atoms with Crippen LogP contribution in [-0.2, 0) is 11.2 Å². The molecule has 6 heteroatoms. The lowest BCUT2D eigenvalue weighted by atomic mass is 10.1. The van der Waals surface area contributed by atoms with Crippen LogP contribution in [-0.4, -0.2) is 26.5 Å². The fraction of sp³-hybridized carbons (Fsp3) is 0.333. The van der Waals surface area contributed by atoms with Crippen molar-refractivity contribution in [2.45, 2.75) is 33.6 Å². The van der Waals surface area contributed by atoms with Crippen LogP contribution in [0.15, 0.2) is 24.7 Å². The minimum Gasteiger partial charge on any atom is -0.324 e. The molecular formula is C15H18N4O2. The molecule has 0 aliphatic rings. The molecule has 0 aliphatic heterocycles. The summed E-state index contributed by atoms with van der Waals surface area (Å²) in [6.45, 7) is 5.21. The van der Waals surface area contributed by atoms with Crippen LogP contribution in [0.25, 0.3) is 5.69 Å². The second kappa shape index (κ2) is 6.30. The fourth-order valence-electron chi connectivity index (χ4n) is 1.94. The van der Waals surface area contributed by atoms with Gasteiger partial charge in [0.15, 0.2) is 5.78 Å². The summed E-state index contributed by atoms with van der Waals surface area (Å²) < 4.78 is 1.68. The van der Waals surface area contributed by atoms with Crippen LogP contribution in [0.4, 0.5) is 5.69 Å². The molecule has 2 aromatic rings. The number of nitrogens with zero attached hydrogens (tertiary/aromatic N) is 3. The summed E-state index contributed by atoms with van der Waals surface area (Å²) in [6, 6.07) is 1.71. The summed E-state index contributed by atoms with van der Waals surface area (Å²) in [6.07, 6.45) is 6.48. The Labute approximate surface area is 123 Å². The fourth-order valence-corrected chi connectivity index (χ4v) is 1.94. The standard InChI is InChI=1S/C15H18N4O2/c1-4-11-7-17-19(9-11)12-6-13(18-10(3)20)15(16-8-12)14(21)5-2/h6-9H,4-5H2,1-3H3,(H,18,20). The third kappa shape index (κ3) is 3.34. The van der Waals surface area contributed by atoms with Gasteiger partial charge in [0.05, 0.1) is 23.8 Å². The molecule has 0 spiro atoms. The predicted octanol–water partition coefficient (Wildman–Crippen LogP) is 2.38. The number of carbonyl (C=O) groups excluding carboxylic acids is 2. The number of carbonyl (C=O) groups is 2. The summed E-state index contributed by atoms with van der Waals surface area (Å²) >= 11 is 0. The highest BCUT2D eigenvalue weighted by molar-refractivity contribution is 6.03. The molecule has 0 bridgehead atoms. The molecule has 1 amide bonds. The summed E-state index contributed by atoms with van der Waals surface area (Å²) in [5.41, 5.74) is 2.50. The van der Waals surface area contributed by atoms with Crippen molar-refractivity contribution >= 4 is 17.4 Å². The molecule has 2 heterocycles. The molecule has 21 heavy (non-hydrogen) atoms. The van der Waals surface area contributed by atoms with Gasteiger partial charge >= 0.3 is 0 Å². The van der Waals surface area contributed by atoms with E-state index in [1.165, 1.54) is 6.92 Å². The van der Waals surface area contributed by atoms with E-state index in [0.717, 1.165) is 12.0 Å². The van der Waals surface area contributed by atoms with E-state index in [1.54, 1.807) is 30.1 Å². The van der Waals surface area contributed by atoms with E-state index in [4.69, 9.17) is 0 Å². The van der Waals surface area contributed by atoms with Crippen molar-refractivity contribution in [3.8, 4) is 5.69 Å². The van der Waals surface area contributed by atoms with E-state index in [-0.39, 0.29) is 17.4 Å². The van der Waals surface area contributed by atoms with Gasteiger partial charge in [0.1, 0.15) is 5.69 Å². The monoisotopic (exact) mass is 286 g/mol. The molecule has 0 atom stereocenters. The van der Waals surface area contributed by atoms with Gasteiger partial charge in [-0.1, -0.05) is 13.8 Å². The van der Waals surface area contributed by atoms with Gasteiger partial charge in [-0.25, -0.2) is 9.67 Å². The van der Waals surface area contributed by atoms with Crippen molar-refractivity contribution in [1.29, 1.82) is 0 Å². The molecular weight excluding hydrogens is 268 g/mol. The largest absolute Gasteiger partial charge is 0.324 e. The Hall–Kier alpha value is -2.50. The first kappa shape index (κ1) is 14.9. The van der Waals surface area contributed by atoms with Gasteiger partial charge in [-0.2, -0.15) is 5.10 Å². The van der Waals surface area contributed by atoms with Gasteiger partial charge in [0, 0.05) is 19.5 Å². The summed E-state index contributed by atoms with van der Waals surface area (Å²) in [5.74, 6) is -0.353. The molecule has 0 aliphatic carbocycles. The number of pyridine rings is 1. The Morgan fingerprint density at radius 3 is 2.62 bits per heavy atom. The average molecular weight is 286 g/mol. The summed E-state index contributed by atoms with van der Waals surface area (Å²) in [4.78, 5) is 27.4. The quantitative estimate of drug-likeness (QED) is 0.856. The number of rotatable bonds is 5. The Morgan fingerprint density at radius 1 is 1.29 bits per heavy atom. The van der Waals surface area contributed by atoms with Crippen LogP contribution in [0.2, 0.25) is 0 Å². The van der Waals surface area contributed by atoms with Crippen LogP contribution in [0.3, 0.4) is 0 Å². The number of ketones is 1. The Balaban J connectivity index is 2.45. The Kier molecular flexibility index (Phi) is 4.47. The molecule has 0 saturated carbocycles. The van der Waals surface area contributed by atoms with Crippen molar-refractivity contribution in [2.24, 2.45) is 0 Å². The van der Waals surface area contributed by atoms with E-state index in [9.17, 15) is 9.59 Å². The third-order valence-corrected chi connectivity index (χ3v) is 3.08. The maximum Gasteiger partial charge on any atom is 0.221 e. The topological polar surface area (TPSA) is 76.9 Å². The lowest BCUT2D eigenvalue weighted by Crippen LogP contribution is -2.13. The van der Waals surface area contributed by atoms with E-state index in [1.807, 2.05) is 13.1 Å². The van der Waals surface area contributed by atoms with Crippen LogP contribution < -0.4 is 5.32 Å². The van der Waals surface area contributed by atoms with Crippen LogP contribution in [0, 0.1) is 0 Å². The van der Waals surface area contributed by atoms with Gasteiger partial charge in [-0.15, -0.1) is 0 Å². The number of hydrogen-bond donors (Lipinski definition) is 1. The third-order valence-electron chi connectivity index (χ3n) is 3.08. The maximum absolute atomic E-state index is 11.9. The normalized spacial score (nSPS) is 10.4. The van der Waals surface area contributed by atoms with Crippen molar-refractivity contribution in [3.05, 3.63) is 35.9 Å². The zero-order valence-corrected chi connectivity index (χ0v) is 12.4. The maximum atomic E-state index is 11.9. The van der Waals surface area contributed by atoms with E-state index in [2.05, 4.69) is 15.4 Å². The molecule has 2 aromatic heterocycles. The van der Waals surface area contributed by atoms with E-state index >= 15 is 0 Å². The smallest absolute Gasteiger partial charge is 0.221 e. The molecule has 1 N–H and O–H groups in total. The average Bonchev–Trinajstić information content (AvgIpc) is 2.94. The van der Waals surface area contributed by atoms with Crippen LogP contribution >= 0.6 is 0 Å². The van der Waals surface area contributed by atoms with Gasteiger partial charge in [0.2, 0.25) is 5.91 Å². The molecule has 110 valence electrons. The van der Waals surface area contributed by atoms with Crippen molar-refractivity contribution in [1.82, 2.24) is 14.8 Å². The second-order valence-electron chi connectivity index (χ2n) is 4.69. The number of amides is 1. The van der Waals surface area contributed by atoms with Crippen LogP contribution in [0.5, 0.6) is 0 Å². The van der Waals surface area contributed by atoms with Gasteiger partial charge in [0.25, 0.3) is 0 Å². The number of nitrogens with one attached hydrogen (secondary N) is 1. The first-order valence-electron chi connectivity index (χ1n) is 6.89. The number of Topliss-reactive ketones (excluding diaryl/α,β-unsaturated/α-hetero) is 1. The van der Waals surface area contributed by atoms with Crippen LogP contribution in [0.1, 0.15) is 43.2 Å². The number of anilines is 1. The highest BCUT2D eigenvalue weighted by atomic mass is 16.1. The number of aryl methyl sites for hydroxylation is 1. The van der Waals surface area contributed by atoms with Gasteiger partial charge in [-0.05, 0) is 18.1 Å². The molecule has 0 saturated heterocycles. The van der Waals surface area contributed by atoms with Crippen molar-refractivity contribution < 1.29 is 9.59 Å². The molecule has 0 aromatic carbocycles. The minimum absolute atomic E-state index is 0.111. The van der Waals surface area contributed by atoms with Crippen molar-refractivity contribution in [2.75, 3.05) is 5.32 Å². The summed E-state index contributed by atoms with van der Waals surface area (Å²) in [5, 5.41) is 6.91. The van der Waals surface area contributed by atoms with Gasteiger partial charge < -0.3 is 5.32 Å². The molecule has 2 rings (SSSR count). The Bertz CT molecular complexity index is 676. The van der Waals surface area contributed by atoms with Crippen molar-refractivity contribution in [3.63, 3.8) is 0 Å². The highest BCUT2D eigenvalue weighted by Crippen LogP contribution is 2.19. The van der Waals surface area contributed by atoms with E-state index in [0.29, 0.717) is 17.8 Å². The van der Waals surface area contributed by atoms with E-state index < -0.39 is 0 Å². The first-order chi connectivity index (χ1) is 10.0. The number of aromatic nitrogens is 3. The number of hydrogen-bond acceptors (Lipinski definition) is 4. The minimum atomic E-state index is -0.242. The predicted molar refractivity (Wildman–Crippen MR) is 79.7 cm³/mol. The van der Waals surface area contributed by atoms with Gasteiger partial charge in [-0.3, -0.25) is 9.59 Å². The second-order valence-corrected chi connectivity index (χ2v) is 4.69. The zero-order chi connectivity index (χ0) is 15.4.